The molecule has 0 bridgehead atoms. The van der Waals surface area contributed by atoms with Gasteiger partial charge in [-0.05, 0) is 50.6 Å². The molecule has 2 rings (SSSR count). The van der Waals surface area contributed by atoms with Crippen LogP contribution in [0.25, 0.3) is 0 Å². The van der Waals surface area contributed by atoms with Crippen LogP contribution < -0.4 is 4.74 Å². The number of rotatable bonds is 5. The van der Waals surface area contributed by atoms with Crippen molar-refractivity contribution < 1.29 is 9.53 Å². The Morgan fingerprint density at radius 3 is 2.67 bits per heavy atom. The van der Waals surface area contributed by atoms with Gasteiger partial charge in [0.2, 0.25) is 5.91 Å². The zero-order valence-electron chi connectivity index (χ0n) is 13.3. The van der Waals surface area contributed by atoms with E-state index in [0.29, 0.717) is 6.61 Å². The van der Waals surface area contributed by atoms with Crippen LogP contribution in [-0.4, -0.2) is 49.5 Å². The lowest BCUT2D eigenvalue weighted by Crippen LogP contribution is -2.39. The number of carbonyl (C=O) groups is 1. The third-order valence-corrected chi connectivity index (χ3v) is 3.99. The van der Waals surface area contributed by atoms with Crippen molar-refractivity contribution in [1.29, 1.82) is 0 Å². The van der Waals surface area contributed by atoms with E-state index in [-0.39, 0.29) is 11.8 Å². The van der Waals surface area contributed by atoms with Crippen LogP contribution in [0.1, 0.15) is 25.3 Å². The molecular weight excluding hydrogens is 264 g/mol. The molecule has 4 nitrogen and oxygen atoms in total. The third-order valence-electron chi connectivity index (χ3n) is 3.99. The Labute approximate surface area is 127 Å². The van der Waals surface area contributed by atoms with E-state index < -0.39 is 0 Å². The lowest BCUT2D eigenvalue weighted by Gasteiger charge is -2.32. The van der Waals surface area contributed by atoms with Crippen molar-refractivity contribution in [3.63, 3.8) is 0 Å². The first-order chi connectivity index (χ1) is 10.1. The molecule has 21 heavy (non-hydrogen) atoms. The number of ether oxygens (including phenoxy) is 1. The minimum Gasteiger partial charge on any atom is -0.494 e. The summed E-state index contributed by atoms with van der Waals surface area (Å²) in [6, 6.07) is 8.29. The summed E-state index contributed by atoms with van der Waals surface area (Å²) in [5.74, 6) is 1.41. The smallest absolute Gasteiger partial charge is 0.225 e. The van der Waals surface area contributed by atoms with Crippen LogP contribution in [0.15, 0.2) is 24.3 Å². The summed E-state index contributed by atoms with van der Waals surface area (Å²) >= 11 is 0. The Balaban J connectivity index is 1.86. The summed E-state index contributed by atoms with van der Waals surface area (Å²) in [7, 11) is 3.68. The van der Waals surface area contributed by atoms with Crippen molar-refractivity contribution in [2.24, 2.45) is 5.92 Å². The first-order valence-corrected chi connectivity index (χ1v) is 7.75. The van der Waals surface area contributed by atoms with Gasteiger partial charge in [-0.2, -0.15) is 0 Å². The fourth-order valence-corrected chi connectivity index (χ4v) is 2.86. The average Bonchev–Trinajstić information content (AvgIpc) is 2.48. The van der Waals surface area contributed by atoms with Crippen molar-refractivity contribution >= 4 is 5.91 Å². The van der Waals surface area contributed by atoms with E-state index in [9.17, 15) is 4.79 Å². The molecule has 1 saturated heterocycles. The number of carbonyl (C=O) groups excluding carboxylic acids is 1. The van der Waals surface area contributed by atoms with Gasteiger partial charge < -0.3 is 9.64 Å². The molecular formula is C17H26N2O2. The van der Waals surface area contributed by atoms with Gasteiger partial charge in [-0.1, -0.05) is 12.1 Å². The van der Waals surface area contributed by atoms with E-state index in [1.165, 1.54) is 5.56 Å². The Kier molecular flexibility index (Phi) is 5.62. The molecule has 0 saturated carbocycles. The first-order valence-electron chi connectivity index (χ1n) is 7.75. The highest BCUT2D eigenvalue weighted by Crippen LogP contribution is 2.21. The molecule has 116 valence electrons. The van der Waals surface area contributed by atoms with Gasteiger partial charge in [0, 0.05) is 26.6 Å². The standard InChI is InChI=1S/C17H26N2O2/c1-4-21-16-7-5-6-14(12-16)13-19-10-8-15(9-11-19)17(20)18(2)3/h5-7,12,15H,4,8-11,13H2,1-3H3. The highest BCUT2D eigenvalue weighted by molar-refractivity contribution is 5.78. The predicted octanol–water partition coefficient (Wildman–Crippen LogP) is 2.39. The fraction of sp³-hybridized carbons (Fsp3) is 0.588. The Morgan fingerprint density at radius 2 is 2.05 bits per heavy atom. The van der Waals surface area contributed by atoms with Gasteiger partial charge in [0.05, 0.1) is 6.61 Å². The first kappa shape index (κ1) is 15.8. The lowest BCUT2D eigenvalue weighted by atomic mass is 9.95. The molecule has 1 aliphatic rings. The van der Waals surface area contributed by atoms with E-state index in [1.54, 1.807) is 4.90 Å². The molecule has 1 aromatic carbocycles. The number of benzene rings is 1. The number of amides is 1. The van der Waals surface area contributed by atoms with Gasteiger partial charge in [-0.25, -0.2) is 0 Å². The van der Waals surface area contributed by atoms with Crippen LogP contribution in [0.3, 0.4) is 0 Å². The van der Waals surface area contributed by atoms with E-state index in [2.05, 4.69) is 17.0 Å². The highest BCUT2D eigenvalue weighted by atomic mass is 16.5. The Bertz CT molecular complexity index is 466. The number of hydrogen-bond acceptors (Lipinski definition) is 3. The van der Waals surface area contributed by atoms with Crippen molar-refractivity contribution in [3.8, 4) is 5.75 Å². The Morgan fingerprint density at radius 1 is 1.33 bits per heavy atom. The second kappa shape index (κ2) is 7.46. The molecule has 0 N–H and O–H groups in total. The largest absolute Gasteiger partial charge is 0.494 e. The molecule has 1 fully saturated rings. The molecule has 0 unspecified atom stereocenters. The lowest BCUT2D eigenvalue weighted by molar-refractivity contribution is -0.134. The molecule has 0 spiro atoms. The molecule has 0 atom stereocenters. The van der Waals surface area contributed by atoms with Crippen LogP contribution in [0.4, 0.5) is 0 Å². The summed E-state index contributed by atoms with van der Waals surface area (Å²) in [6.07, 6.45) is 1.92. The van der Waals surface area contributed by atoms with E-state index in [4.69, 9.17) is 4.74 Å². The maximum absolute atomic E-state index is 12.0. The van der Waals surface area contributed by atoms with E-state index in [1.807, 2.05) is 33.2 Å². The minimum absolute atomic E-state index is 0.200. The van der Waals surface area contributed by atoms with Crippen molar-refractivity contribution in [2.45, 2.75) is 26.3 Å². The molecule has 1 amide bonds. The normalized spacial score (nSPS) is 16.7. The number of piperidine rings is 1. The van der Waals surface area contributed by atoms with Gasteiger partial charge >= 0.3 is 0 Å². The van der Waals surface area contributed by atoms with Gasteiger partial charge in [-0.3, -0.25) is 9.69 Å². The zero-order chi connectivity index (χ0) is 15.2. The molecule has 0 radical (unpaired) electrons. The number of nitrogens with zero attached hydrogens (tertiary/aromatic N) is 2. The van der Waals surface area contributed by atoms with Crippen molar-refractivity contribution in [2.75, 3.05) is 33.8 Å². The minimum atomic E-state index is 0.200. The third kappa shape index (κ3) is 4.46. The monoisotopic (exact) mass is 290 g/mol. The summed E-state index contributed by atoms with van der Waals surface area (Å²) < 4.78 is 5.54. The molecule has 0 aliphatic carbocycles. The molecule has 1 aromatic rings. The van der Waals surface area contributed by atoms with Crippen LogP contribution in [0.5, 0.6) is 5.75 Å². The highest BCUT2D eigenvalue weighted by Gasteiger charge is 2.25. The summed E-state index contributed by atoms with van der Waals surface area (Å²) in [4.78, 5) is 16.1. The molecule has 1 aliphatic heterocycles. The van der Waals surface area contributed by atoms with Gasteiger partial charge in [0.15, 0.2) is 0 Å². The zero-order valence-corrected chi connectivity index (χ0v) is 13.3. The van der Waals surface area contributed by atoms with Crippen molar-refractivity contribution in [3.05, 3.63) is 29.8 Å². The van der Waals surface area contributed by atoms with Crippen molar-refractivity contribution in [1.82, 2.24) is 9.80 Å². The SMILES string of the molecule is CCOc1cccc(CN2CCC(C(=O)N(C)C)CC2)c1. The fourth-order valence-electron chi connectivity index (χ4n) is 2.86. The van der Waals surface area contributed by atoms with Crippen LogP contribution in [0, 0.1) is 5.92 Å². The maximum atomic E-state index is 12.0. The van der Waals surface area contributed by atoms with Crippen LogP contribution >= 0.6 is 0 Å². The summed E-state index contributed by atoms with van der Waals surface area (Å²) in [6.45, 7) is 5.61. The molecule has 4 heteroatoms. The second-order valence-electron chi connectivity index (χ2n) is 5.86. The van der Waals surface area contributed by atoms with E-state index >= 15 is 0 Å². The summed E-state index contributed by atoms with van der Waals surface area (Å²) in [5.41, 5.74) is 1.28. The quantitative estimate of drug-likeness (QED) is 0.835. The van der Waals surface area contributed by atoms with Crippen LogP contribution in [-0.2, 0) is 11.3 Å². The maximum Gasteiger partial charge on any atom is 0.225 e. The van der Waals surface area contributed by atoms with E-state index in [0.717, 1.165) is 38.2 Å². The van der Waals surface area contributed by atoms with Crippen LogP contribution in [0.2, 0.25) is 0 Å². The Hall–Kier alpha value is -1.55. The number of likely N-dealkylation sites (tertiary alicyclic amines) is 1. The average molecular weight is 290 g/mol. The van der Waals surface area contributed by atoms with Gasteiger partial charge in [0.1, 0.15) is 5.75 Å². The topological polar surface area (TPSA) is 32.8 Å². The van der Waals surface area contributed by atoms with Gasteiger partial charge in [-0.15, -0.1) is 0 Å². The van der Waals surface area contributed by atoms with Gasteiger partial charge in [0.25, 0.3) is 0 Å². The summed E-state index contributed by atoms with van der Waals surface area (Å²) in [5, 5.41) is 0. The predicted molar refractivity (Wildman–Crippen MR) is 84.3 cm³/mol. The molecule has 1 heterocycles. The second-order valence-corrected chi connectivity index (χ2v) is 5.86. The molecule has 0 aromatic heterocycles. The number of hydrogen-bond donors (Lipinski definition) is 0.